The molecule has 0 spiro atoms. The molecule has 0 aliphatic heterocycles. The van der Waals surface area contributed by atoms with Gasteiger partial charge in [0.1, 0.15) is 6.61 Å². The summed E-state index contributed by atoms with van der Waals surface area (Å²) < 4.78 is 44.1. The number of ether oxygens (including phenoxy) is 3. The van der Waals surface area contributed by atoms with E-state index in [4.69, 9.17) is 14.2 Å². The second kappa shape index (κ2) is 14.6. The smallest absolute Gasteiger partial charge is 0.319 e. The normalized spacial score (nSPS) is 11.5. The van der Waals surface area contributed by atoms with Crippen molar-refractivity contribution in [2.75, 3.05) is 57.7 Å². The molecule has 0 aliphatic carbocycles. The SMILES string of the molecule is CNc1cc(C(C)(C)C)cc(NS(C)(=O)=O)c1OC.Cc1cc(Oc2cccc3cc(C=O)n(C)c23)nc(OCCN(C)C)n1. The Bertz CT molecular complexity index is 1750. The van der Waals surface area contributed by atoms with Crippen LogP contribution in [0.2, 0.25) is 0 Å². The molecule has 4 rings (SSSR count). The number of fused-ring (bicyclic) bond motifs is 1. The Morgan fingerprint density at radius 2 is 1.76 bits per heavy atom. The van der Waals surface area contributed by atoms with Gasteiger partial charge in [-0.1, -0.05) is 32.9 Å². The molecule has 0 fully saturated rings. The number of aromatic nitrogens is 3. The lowest BCUT2D eigenvalue weighted by Gasteiger charge is -2.23. The molecular formula is C32H44N6O6S. The fourth-order valence-electron chi connectivity index (χ4n) is 4.40. The zero-order chi connectivity index (χ0) is 33.5. The molecule has 244 valence electrons. The maximum absolute atomic E-state index is 11.4. The molecule has 0 aliphatic rings. The molecule has 2 aromatic carbocycles. The highest BCUT2D eigenvalue weighted by Crippen LogP contribution is 2.38. The van der Waals surface area contributed by atoms with E-state index in [1.807, 2.05) is 63.3 Å². The van der Waals surface area contributed by atoms with Gasteiger partial charge in [0.25, 0.3) is 0 Å². The van der Waals surface area contributed by atoms with Crippen LogP contribution in [0.25, 0.3) is 10.9 Å². The van der Waals surface area contributed by atoms with E-state index in [1.165, 1.54) is 7.11 Å². The molecule has 12 nitrogen and oxygen atoms in total. The zero-order valence-corrected chi connectivity index (χ0v) is 28.5. The molecule has 0 amide bonds. The highest BCUT2D eigenvalue weighted by Gasteiger charge is 2.20. The third-order valence-corrected chi connectivity index (χ3v) is 7.29. The largest absolute Gasteiger partial charge is 0.492 e. The summed E-state index contributed by atoms with van der Waals surface area (Å²) in [5, 5.41) is 3.96. The Kier molecular flexibility index (Phi) is 11.4. The third-order valence-electron chi connectivity index (χ3n) is 6.70. The summed E-state index contributed by atoms with van der Waals surface area (Å²) in [6.45, 7) is 9.33. The van der Waals surface area contributed by atoms with Crippen molar-refractivity contribution in [3.8, 4) is 23.4 Å². The number of anilines is 2. The van der Waals surface area contributed by atoms with Crippen LogP contribution < -0.4 is 24.2 Å². The lowest BCUT2D eigenvalue weighted by Crippen LogP contribution is -2.20. The summed E-state index contributed by atoms with van der Waals surface area (Å²) in [5.74, 6) is 1.51. The van der Waals surface area contributed by atoms with Gasteiger partial charge in [-0.3, -0.25) is 9.52 Å². The fourth-order valence-corrected chi connectivity index (χ4v) is 4.95. The average Bonchev–Trinajstić information content (AvgIpc) is 3.27. The van der Waals surface area contributed by atoms with Crippen LogP contribution in [0.15, 0.2) is 42.5 Å². The molecule has 0 saturated heterocycles. The second-order valence-corrected chi connectivity index (χ2v) is 13.6. The summed E-state index contributed by atoms with van der Waals surface area (Å²) in [5.41, 5.74) is 4.30. The lowest BCUT2D eigenvalue weighted by atomic mass is 9.86. The molecule has 13 heteroatoms. The maximum atomic E-state index is 11.4. The van der Waals surface area contributed by atoms with Crippen LogP contribution in [-0.4, -0.2) is 81.8 Å². The third kappa shape index (κ3) is 9.56. The number of aryl methyl sites for hydroxylation is 2. The molecule has 2 heterocycles. The molecule has 0 radical (unpaired) electrons. The van der Waals surface area contributed by atoms with Gasteiger partial charge < -0.3 is 29.0 Å². The van der Waals surface area contributed by atoms with Gasteiger partial charge in [0.2, 0.25) is 15.9 Å². The topological polar surface area (TPSA) is 137 Å². The summed E-state index contributed by atoms with van der Waals surface area (Å²) in [4.78, 5) is 21.8. The molecule has 0 unspecified atom stereocenters. The molecular weight excluding hydrogens is 596 g/mol. The number of methoxy groups -OCH3 is 1. The number of para-hydroxylation sites is 1. The van der Waals surface area contributed by atoms with Crippen molar-refractivity contribution in [2.24, 2.45) is 7.05 Å². The summed E-state index contributed by atoms with van der Waals surface area (Å²) in [7, 11) is 5.72. The summed E-state index contributed by atoms with van der Waals surface area (Å²) in [6, 6.07) is 13.3. The van der Waals surface area contributed by atoms with Gasteiger partial charge in [-0.25, -0.2) is 13.4 Å². The Labute approximate surface area is 265 Å². The van der Waals surface area contributed by atoms with Crippen molar-refractivity contribution in [3.05, 3.63) is 59.4 Å². The van der Waals surface area contributed by atoms with Crippen molar-refractivity contribution >= 4 is 38.6 Å². The minimum atomic E-state index is -3.35. The van der Waals surface area contributed by atoms with Gasteiger partial charge in [-0.15, -0.1) is 0 Å². The summed E-state index contributed by atoms with van der Waals surface area (Å²) >= 11 is 0. The van der Waals surface area contributed by atoms with E-state index in [-0.39, 0.29) is 11.4 Å². The van der Waals surface area contributed by atoms with Crippen LogP contribution in [0.4, 0.5) is 11.4 Å². The van der Waals surface area contributed by atoms with E-state index in [2.05, 4.69) is 40.8 Å². The first-order valence-electron chi connectivity index (χ1n) is 14.3. The van der Waals surface area contributed by atoms with Crippen LogP contribution in [0.3, 0.4) is 0 Å². The lowest BCUT2D eigenvalue weighted by molar-refractivity contribution is 0.111. The highest BCUT2D eigenvalue weighted by molar-refractivity contribution is 7.92. The number of nitrogens with one attached hydrogen (secondary N) is 2. The summed E-state index contributed by atoms with van der Waals surface area (Å²) in [6.07, 6.45) is 1.95. The average molecular weight is 641 g/mol. The van der Waals surface area contributed by atoms with Crippen LogP contribution in [-0.2, 0) is 22.5 Å². The van der Waals surface area contributed by atoms with Gasteiger partial charge in [-0.05, 0) is 56.3 Å². The van der Waals surface area contributed by atoms with Crippen molar-refractivity contribution in [2.45, 2.75) is 33.1 Å². The number of sulfonamides is 1. The van der Waals surface area contributed by atoms with Crippen molar-refractivity contribution in [3.63, 3.8) is 0 Å². The quantitative estimate of drug-likeness (QED) is 0.210. The first-order chi connectivity index (χ1) is 21.1. The van der Waals surface area contributed by atoms with E-state index in [0.29, 0.717) is 35.4 Å². The minimum Gasteiger partial charge on any atom is -0.492 e. The second-order valence-electron chi connectivity index (χ2n) is 11.8. The molecule has 0 bridgehead atoms. The van der Waals surface area contributed by atoms with Gasteiger partial charge in [0.15, 0.2) is 17.8 Å². The number of aldehydes is 1. The number of likely N-dealkylation sites (N-methyl/N-ethyl adjacent to an activating group) is 1. The predicted octanol–water partition coefficient (Wildman–Crippen LogP) is 5.23. The predicted molar refractivity (Wildman–Crippen MR) is 179 cm³/mol. The number of carbonyl (C=O) groups is 1. The van der Waals surface area contributed by atoms with Gasteiger partial charge in [0, 0.05) is 37.8 Å². The van der Waals surface area contributed by atoms with Crippen LogP contribution >= 0.6 is 0 Å². The first kappa shape index (κ1) is 35.1. The monoisotopic (exact) mass is 640 g/mol. The Hall–Kier alpha value is -4.36. The fraction of sp³-hybridized carbons (Fsp3) is 0.406. The van der Waals surface area contributed by atoms with E-state index in [0.717, 1.165) is 46.9 Å². The number of hydrogen-bond donors (Lipinski definition) is 2. The van der Waals surface area contributed by atoms with Gasteiger partial charge in [-0.2, -0.15) is 4.98 Å². The van der Waals surface area contributed by atoms with Crippen LogP contribution in [0.1, 0.15) is 42.5 Å². The highest BCUT2D eigenvalue weighted by atomic mass is 32.2. The van der Waals surface area contributed by atoms with Gasteiger partial charge in [0.05, 0.1) is 36.0 Å². The van der Waals surface area contributed by atoms with Crippen LogP contribution in [0, 0.1) is 6.92 Å². The number of carbonyl (C=O) groups excluding carboxylic acids is 1. The van der Waals surface area contributed by atoms with Crippen molar-refractivity contribution in [1.29, 1.82) is 0 Å². The maximum Gasteiger partial charge on any atom is 0.319 e. The van der Waals surface area contributed by atoms with Crippen LogP contribution in [0.5, 0.6) is 23.4 Å². The van der Waals surface area contributed by atoms with E-state index in [1.54, 1.807) is 23.7 Å². The molecule has 0 saturated carbocycles. The molecule has 45 heavy (non-hydrogen) atoms. The number of rotatable bonds is 11. The number of hydrogen-bond acceptors (Lipinski definition) is 10. The van der Waals surface area contributed by atoms with E-state index in [9.17, 15) is 13.2 Å². The molecule has 2 aromatic heterocycles. The Balaban J connectivity index is 0.000000259. The van der Waals surface area contributed by atoms with Crippen molar-refractivity contribution in [1.82, 2.24) is 19.4 Å². The number of benzene rings is 2. The minimum absolute atomic E-state index is 0.0915. The molecule has 2 N–H and O–H groups in total. The Morgan fingerprint density at radius 3 is 2.33 bits per heavy atom. The zero-order valence-electron chi connectivity index (χ0n) is 27.7. The number of nitrogens with zero attached hydrogens (tertiary/aromatic N) is 4. The first-order valence-corrected chi connectivity index (χ1v) is 16.2. The standard InChI is InChI=1S/C19H22N4O3.C13H22N2O3S/c1-13-10-17(21-19(20-13)25-9-8-22(2)3)26-16-7-5-6-14-11-15(12-24)23(4)18(14)16;1-13(2,3)9-7-10(14-4)12(18-5)11(8-9)15-19(6,16)17/h5-7,10-12H,8-9H2,1-4H3;7-8,14-15H,1-6H3. The molecule has 0 atom stereocenters. The Morgan fingerprint density at radius 1 is 1.07 bits per heavy atom. The van der Waals surface area contributed by atoms with E-state index >= 15 is 0 Å². The van der Waals surface area contributed by atoms with Gasteiger partial charge >= 0.3 is 6.01 Å². The molecule has 4 aromatic rings. The van der Waals surface area contributed by atoms with E-state index < -0.39 is 10.0 Å². The van der Waals surface area contributed by atoms with Crippen molar-refractivity contribution < 1.29 is 27.4 Å².